The Kier molecular flexibility index (Phi) is 6.90. The zero-order valence-electron chi connectivity index (χ0n) is 18.1. The van der Waals surface area contributed by atoms with Crippen molar-refractivity contribution in [2.45, 2.75) is 45.7 Å². The summed E-state index contributed by atoms with van der Waals surface area (Å²) in [6, 6.07) is 16.4. The third-order valence-corrected chi connectivity index (χ3v) is 5.35. The fourth-order valence-electron chi connectivity index (χ4n) is 3.98. The Labute approximate surface area is 182 Å². The third-order valence-electron chi connectivity index (χ3n) is 5.35. The van der Waals surface area contributed by atoms with Crippen LogP contribution in [0.2, 0.25) is 0 Å². The Hall–Kier alpha value is -3.41. The summed E-state index contributed by atoms with van der Waals surface area (Å²) in [5.74, 6) is -1.12. The van der Waals surface area contributed by atoms with E-state index in [9.17, 15) is 14.4 Å². The monoisotopic (exact) mass is 419 g/mol. The predicted molar refractivity (Wildman–Crippen MR) is 123 cm³/mol. The number of carbonyl (C=O) groups is 3. The maximum atomic E-state index is 12.9. The molecule has 0 unspecified atom stereocenters. The molecule has 6 heteroatoms. The van der Waals surface area contributed by atoms with Crippen LogP contribution in [0.3, 0.4) is 0 Å². The summed E-state index contributed by atoms with van der Waals surface area (Å²) >= 11 is 0. The molecule has 0 aliphatic carbocycles. The van der Waals surface area contributed by atoms with Crippen LogP contribution in [0.25, 0.3) is 21.5 Å². The van der Waals surface area contributed by atoms with Crippen LogP contribution in [0.4, 0.5) is 0 Å². The highest BCUT2D eigenvalue weighted by Gasteiger charge is 2.26. The molecule has 2 atom stereocenters. The van der Waals surface area contributed by atoms with Crippen LogP contribution in [-0.4, -0.2) is 29.8 Å². The van der Waals surface area contributed by atoms with Gasteiger partial charge in [0.2, 0.25) is 17.7 Å². The normalized spacial score (nSPS) is 13.2. The van der Waals surface area contributed by atoms with Gasteiger partial charge in [0, 0.05) is 13.3 Å². The number of hydrogen-bond donors (Lipinski definition) is 3. The van der Waals surface area contributed by atoms with Gasteiger partial charge in [-0.05, 0) is 45.5 Å². The highest BCUT2D eigenvalue weighted by molar-refractivity contribution is 6.03. The van der Waals surface area contributed by atoms with E-state index in [1.807, 2.05) is 62.4 Å². The lowest BCUT2D eigenvalue weighted by Crippen LogP contribution is -2.53. The standard InChI is InChI=1S/C25H29N3O3/c1-15(2)12-23(27-16(3)29)25(31)28-22(24(26)30)14-21-19-10-6-4-8-17(19)13-18-9-5-7-11-20(18)21/h4-11,13,15,22-23H,12,14H2,1-3H3,(H2,26,30)(H,27,29)(H,28,31)/t22-,23+/m1/s1. The molecule has 3 aromatic carbocycles. The van der Waals surface area contributed by atoms with Crippen LogP contribution < -0.4 is 16.4 Å². The van der Waals surface area contributed by atoms with Crippen molar-refractivity contribution >= 4 is 39.3 Å². The zero-order chi connectivity index (χ0) is 22.5. The van der Waals surface area contributed by atoms with Crippen LogP contribution in [0.5, 0.6) is 0 Å². The second-order valence-corrected chi connectivity index (χ2v) is 8.35. The molecule has 0 saturated carbocycles. The second-order valence-electron chi connectivity index (χ2n) is 8.35. The van der Waals surface area contributed by atoms with Gasteiger partial charge in [-0.25, -0.2) is 0 Å². The molecule has 0 spiro atoms. The average molecular weight is 420 g/mol. The van der Waals surface area contributed by atoms with Crippen molar-refractivity contribution in [3.05, 3.63) is 60.2 Å². The summed E-state index contributed by atoms with van der Waals surface area (Å²) in [5, 5.41) is 9.60. The molecule has 31 heavy (non-hydrogen) atoms. The number of benzene rings is 3. The maximum absolute atomic E-state index is 12.9. The molecule has 3 aromatic rings. The molecule has 0 aliphatic rings. The van der Waals surface area contributed by atoms with Gasteiger partial charge in [-0.1, -0.05) is 62.4 Å². The van der Waals surface area contributed by atoms with E-state index in [0.29, 0.717) is 6.42 Å². The molecule has 0 bridgehead atoms. The highest BCUT2D eigenvalue weighted by Crippen LogP contribution is 2.29. The highest BCUT2D eigenvalue weighted by atomic mass is 16.2. The van der Waals surface area contributed by atoms with Gasteiger partial charge in [-0.15, -0.1) is 0 Å². The van der Waals surface area contributed by atoms with Crippen molar-refractivity contribution in [3.8, 4) is 0 Å². The molecule has 0 radical (unpaired) electrons. The maximum Gasteiger partial charge on any atom is 0.243 e. The smallest absolute Gasteiger partial charge is 0.243 e. The lowest BCUT2D eigenvalue weighted by molar-refractivity contribution is -0.131. The molecule has 0 fully saturated rings. The number of nitrogens with two attached hydrogens (primary N) is 1. The number of primary amides is 1. The number of carbonyl (C=O) groups excluding carboxylic acids is 3. The number of rotatable bonds is 8. The van der Waals surface area contributed by atoms with E-state index in [0.717, 1.165) is 27.1 Å². The second kappa shape index (κ2) is 9.60. The molecular weight excluding hydrogens is 390 g/mol. The third kappa shape index (κ3) is 5.40. The summed E-state index contributed by atoms with van der Waals surface area (Å²) in [5.41, 5.74) is 6.64. The minimum absolute atomic E-state index is 0.191. The van der Waals surface area contributed by atoms with Crippen LogP contribution in [0.1, 0.15) is 32.8 Å². The zero-order valence-corrected chi connectivity index (χ0v) is 18.1. The Morgan fingerprint density at radius 3 is 1.90 bits per heavy atom. The van der Waals surface area contributed by atoms with Gasteiger partial charge < -0.3 is 16.4 Å². The first-order valence-corrected chi connectivity index (χ1v) is 10.5. The predicted octanol–water partition coefficient (Wildman–Crippen LogP) is 3.06. The van der Waals surface area contributed by atoms with Crippen molar-refractivity contribution in [2.75, 3.05) is 0 Å². The Bertz CT molecular complexity index is 1070. The van der Waals surface area contributed by atoms with Gasteiger partial charge in [0.25, 0.3) is 0 Å². The Balaban J connectivity index is 1.96. The van der Waals surface area contributed by atoms with Gasteiger partial charge in [0.1, 0.15) is 12.1 Å². The molecular formula is C25H29N3O3. The first-order valence-electron chi connectivity index (χ1n) is 10.5. The number of fused-ring (bicyclic) bond motifs is 2. The van der Waals surface area contributed by atoms with Gasteiger partial charge in [0.15, 0.2) is 0 Å². The van der Waals surface area contributed by atoms with Crippen LogP contribution in [-0.2, 0) is 20.8 Å². The van der Waals surface area contributed by atoms with Crippen molar-refractivity contribution in [1.82, 2.24) is 10.6 Å². The first-order chi connectivity index (χ1) is 14.8. The van der Waals surface area contributed by atoms with E-state index in [4.69, 9.17) is 5.73 Å². The fourth-order valence-corrected chi connectivity index (χ4v) is 3.98. The van der Waals surface area contributed by atoms with Gasteiger partial charge in [-0.2, -0.15) is 0 Å². The van der Waals surface area contributed by atoms with Gasteiger partial charge in [0.05, 0.1) is 0 Å². The number of amides is 3. The van der Waals surface area contributed by atoms with Crippen molar-refractivity contribution in [2.24, 2.45) is 11.7 Å². The summed E-state index contributed by atoms with van der Waals surface area (Å²) in [6.07, 6.45) is 0.728. The van der Waals surface area contributed by atoms with E-state index >= 15 is 0 Å². The van der Waals surface area contributed by atoms with Crippen LogP contribution in [0, 0.1) is 5.92 Å². The topological polar surface area (TPSA) is 101 Å². The number of hydrogen-bond acceptors (Lipinski definition) is 3. The average Bonchev–Trinajstić information content (AvgIpc) is 2.71. The quantitative estimate of drug-likeness (QED) is 0.489. The van der Waals surface area contributed by atoms with Crippen LogP contribution >= 0.6 is 0 Å². The van der Waals surface area contributed by atoms with E-state index in [2.05, 4.69) is 16.7 Å². The lowest BCUT2D eigenvalue weighted by Gasteiger charge is -2.23. The fraction of sp³-hybridized carbons (Fsp3) is 0.320. The molecule has 0 aromatic heterocycles. The summed E-state index contributed by atoms with van der Waals surface area (Å²) in [6.45, 7) is 5.31. The summed E-state index contributed by atoms with van der Waals surface area (Å²) < 4.78 is 0. The van der Waals surface area contributed by atoms with Crippen molar-refractivity contribution in [1.29, 1.82) is 0 Å². The van der Waals surface area contributed by atoms with E-state index in [1.165, 1.54) is 6.92 Å². The lowest BCUT2D eigenvalue weighted by atomic mass is 9.92. The molecule has 3 rings (SSSR count). The first kappa shape index (κ1) is 22.3. The van der Waals surface area contributed by atoms with Crippen molar-refractivity contribution < 1.29 is 14.4 Å². The van der Waals surface area contributed by atoms with Gasteiger partial charge >= 0.3 is 0 Å². The molecule has 6 nitrogen and oxygen atoms in total. The molecule has 3 amide bonds. The Morgan fingerprint density at radius 2 is 1.42 bits per heavy atom. The largest absolute Gasteiger partial charge is 0.368 e. The minimum atomic E-state index is -0.898. The molecule has 162 valence electrons. The van der Waals surface area contributed by atoms with E-state index in [-0.39, 0.29) is 18.2 Å². The number of nitrogens with one attached hydrogen (secondary N) is 2. The minimum Gasteiger partial charge on any atom is -0.368 e. The molecule has 0 saturated heterocycles. The molecule has 0 heterocycles. The Morgan fingerprint density at radius 1 is 0.871 bits per heavy atom. The summed E-state index contributed by atoms with van der Waals surface area (Å²) in [7, 11) is 0. The molecule has 4 N–H and O–H groups in total. The van der Waals surface area contributed by atoms with E-state index < -0.39 is 23.9 Å². The van der Waals surface area contributed by atoms with E-state index in [1.54, 1.807) is 0 Å². The summed E-state index contributed by atoms with van der Waals surface area (Å²) in [4.78, 5) is 36.8. The van der Waals surface area contributed by atoms with Crippen LogP contribution in [0.15, 0.2) is 54.6 Å². The van der Waals surface area contributed by atoms with Crippen molar-refractivity contribution in [3.63, 3.8) is 0 Å². The molecule has 0 aliphatic heterocycles. The van der Waals surface area contributed by atoms with Gasteiger partial charge in [-0.3, -0.25) is 14.4 Å². The SMILES string of the molecule is CC(=O)N[C@@H](CC(C)C)C(=O)N[C@H](Cc1c2ccccc2cc2ccccc12)C(N)=O.